The monoisotopic (exact) mass is 218 g/mol. The predicted octanol–water partition coefficient (Wildman–Crippen LogP) is 2.50. The molecule has 4 nitrogen and oxygen atoms in total. The van der Waals surface area contributed by atoms with Crippen LogP contribution in [-0.4, -0.2) is 16.7 Å². The lowest BCUT2D eigenvalue weighted by Crippen LogP contribution is -2.41. The van der Waals surface area contributed by atoms with Gasteiger partial charge < -0.3 is 0 Å². The van der Waals surface area contributed by atoms with Crippen LogP contribution in [0, 0.1) is 0 Å². The molecule has 14 heavy (non-hydrogen) atoms. The van der Waals surface area contributed by atoms with Crippen molar-refractivity contribution in [1.82, 2.24) is 0 Å². The summed E-state index contributed by atoms with van der Waals surface area (Å²) in [4.78, 5) is 11.3. The van der Waals surface area contributed by atoms with Gasteiger partial charge in [-0.25, -0.2) is 0 Å². The molecule has 0 bridgehead atoms. The number of allylic oxidation sites excluding steroid dienone is 1. The smallest absolute Gasteiger partial charge is 0.294 e. The number of hydrogen-bond acceptors (Lipinski definition) is 4. The van der Waals surface area contributed by atoms with Crippen molar-refractivity contribution in [3.05, 3.63) is 12.7 Å². The lowest BCUT2D eigenvalue weighted by Gasteiger charge is -2.29. The first kappa shape index (κ1) is 11.6. The third-order valence-corrected chi connectivity index (χ3v) is 4.71. The summed E-state index contributed by atoms with van der Waals surface area (Å²) in [6, 6.07) is 0. The van der Waals surface area contributed by atoms with E-state index in [1.54, 1.807) is 27.7 Å². The van der Waals surface area contributed by atoms with Crippen LogP contribution in [0.15, 0.2) is 12.7 Å². The molecule has 0 aromatic heterocycles. The minimum Gasteiger partial charge on any atom is -0.294 e. The Kier molecular flexibility index (Phi) is 2.51. The van der Waals surface area contributed by atoms with Crippen LogP contribution < -0.4 is 0 Å². The molecule has 0 radical (unpaired) electrons. The maximum Gasteiger partial charge on any atom is 0.402 e. The third-order valence-electron chi connectivity index (χ3n) is 2.59. The van der Waals surface area contributed by atoms with Crippen molar-refractivity contribution in [2.24, 2.45) is 0 Å². The molecule has 1 aliphatic rings. The molecule has 0 aromatic carbocycles. The van der Waals surface area contributed by atoms with E-state index in [-0.39, 0.29) is 0 Å². The Morgan fingerprint density at radius 2 is 1.57 bits per heavy atom. The SMILES string of the molecule is C=CC(=O)P1(=O)OC(C)(C)C(C)(C)O1. The fraction of sp³-hybridized carbons (Fsp3) is 0.667. The fourth-order valence-electron chi connectivity index (χ4n) is 1.04. The van der Waals surface area contributed by atoms with Crippen LogP contribution in [-0.2, 0) is 18.4 Å². The molecule has 1 heterocycles. The zero-order chi connectivity index (χ0) is 11.2. The first-order valence-electron chi connectivity index (χ1n) is 4.33. The number of carbonyl (C=O) groups is 1. The molecule has 0 saturated carbocycles. The molecule has 80 valence electrons. The molecule has 5 heteroatoms. The minimum atomic E-state index is -3.66. The summed E-state index contributed by atoms with van der Waals surface area (Å²) in [6.07, 6.45) is 0.970. The maximum absolute atomic E-state index is 11.9. The largest absolute Gasteiger partial charge is 0.402 e. The van der Waals surface area contributed by atoms with Gasteiger partial charge in [0.1, 0.15) is 11.2 Å². The standard InChI is InChI=1S/C9H15O4P/c1-6-7(10)14(11)12-8(2,3)9(4,5)13-14/h6H,1H2,2-5H3. The molecule has 1 aliphatic heterocycles. The normalized spacial score (nSPS) is 27.1. The van der Waals surface area contributed by atoms with E-state index in [4.69, 9.17) is 9.05 Å². The van der Waals surface area contributed by atoms with Crippen molar-refractivity contribution in [3.8, 4) is 0 Å². The Balaban J connectivity index is 3.09. The lowest BCUT2D eigenvalue weighted by molar-refractivity contribution is -0.109. The molecule has 0 unspecified atom stereocenters. The van der Waals surface area contributed by atoms with E-state index in [9.17, 15) is 9.36 Å². The van der Waals surface area contributed by atoms with Gasteiger partial charge in [0.05, 0.1) is 0 Å². The van der Waals surface area contributed by atoms with Crippen molar-refractivity contribution in [2.75, 3.05) is 0 Å². The van der Waals surface area contributed by atoms with Gasteiger partial charge in [-0.05, 0) is 33.8 Å². The van der Waals surface area contributed by atoms with E-state index in [1.807, 2.05) is 0 Å². The second-order valence-corrected chi connectivity index (χ2v) is 6.04. The zero-order valence-corrected chi connectivity index (χ0v) is 9.76. The van der Waals surface area contributed by atoms with Gasteiger partial charge in [0.15, 0.2) is 0 Å². The Bertz CT molecular complexity index is 310. The van der Waals surface area contributed by atoms with Crippen LogP contribution in [0.2, 0.25) is 0 Å². The van der Waals surface area contributed by atoms with Crippen molar-refractivity contribution in [3.63, 3.8) is 0 Å². The second kappa shape index (κ2) is 3.02. The van der Waals surface area contributed by atoms with E-state index in [2.05, 4.69) is 6.58 Å². The van der Waals surface area contributed by atoms with Gasteiger partial charge >= 0.3 is 7.60 Å². The van der Waals surface area contributed by atoms with Crippen LogP contribution >= 0.6 is 7.60 Å². The molecule has 0 amide bonds. The summed E-state index contributed by atoms with van der Waals surface area (Å²) >= 11 is 0. The molecular formula is C9H15O4P. The van der Waals surface area contributed by atoms with Crippen LogP contribution in [0.5, 0.6) is 0 Å². The quantitative estimate of drug-likeness (QED) is 0.527. The summed E-state index contributed by atoms with van der Waals surface area (Å²) in [5, 5.41) is 0. The minimum absolute atomic E-state index is 0.684. The number of rotatable bonds is 2. The third kappa shape index (κ3) is 1.58. The van der Waals surface area contributed by atoms with Crippen molar-refractivity contribution < 1.29 is 18.4 Å². The lowest BCUT2D eigenvalue weighted by atomic mass is 9.90. The molecule has 0 atom stereocenters. The average molecular weight is 218 g/mol. The van der Waals surface area contributed by atoms with E-state index in [0.717, 1.165) is 6.08 Å². The molecular weight excluding hydrogens is 203 g/mol. The first-order chi connectivity index (χ1) is 6.15. The summed E-state index contributed by atoms with van der Waals surface area (Å²) in [5.41, 5.74) is -2.18. The number of carbonyl (C=O) groups excluding carboxylic acids is 1. The number of hydrogen-bond donors (Lipinski definition) is 0. The Morgan fingerprint density at radius 1 is 1.21 bits per heavy atom. The highest BCUT2D eigenvalue weighted by Crippen LogP contribution is 2.64. The summed E-state index contributed by atoms with van der Waals surface area (Å²) in [6.45, 7) is 10.2. The van der Waals surface area contributed by atoms with Crippen molar-refractivity contribution >= 4 is 13.1 Å². The molecule has 1 rings (SSSR count). The predicted molar refractivity (Wildman–Crippen MR) is 53.1 cm³/mol. The fourth-order valence-corrected chi connectivity index (χ4v) is 3.12. The molecule has 1 fully saturated rings. The van der Waals surface area contributed by atoms with Crippen LogP contribution in [0.4, 0.5) is 0 Å². The summed E-state index contributed by atoms with van der Waals surface area (Å²) in [7, 11) is -3.66. The van der Waals surface area contributed by atoms with Gasteiger partial charge in [0.25, 0.3) is 5.52 Å². The topological polar surface area (TPSA) is 52.6 Å². The summed E-state index contributed by atoms with van der Waals surface area (Å²) < 4.78 is 22.3. The van der Waals surface area contributed by atoms with Gasteiger partial charge in [-0.3, -0.25) is 18.4 Å². The van der Waals surface area contributed by atoms with Gasteiger partial charge in [0, 0.05) is 0 Å². The van der Waals surface area contributed by atoms with Gasteiger partial charge in [0.2, 0.25) is 0 Å². The molecule has 0 aromatic rings. The van der Waals surface area contributed by atoms with E-state index < -0.39 is 24.3 Å². The highest BCUT2D eigenvalue weighted by molar-refractivity contribution is 7.72. The Morgan fingerprint density at radius 3 is 1.86 bits per heavy atom. The average Bonchev–Trinajstić information content (AvgIpc) is 2.16. The van der Waals surface area contributed by atoms with Gasteiger partial charge in [-0.15, -0.1) is 0 Å². The molecule has 0 aliphatic carbocycles. The van der Waals surface area contributed by atoms with Crippen LogP contribution in [0.3, 0.4) is 0 Å². The Hall–Kier alpha value is -0.440. The van der Waals surface area contributed by atoms with E-state index in [1.165, 1.54) is 0 Å². The molecule has 1 saturated heterocycles. The van der Waals surface area contributed by atoms with Crippen molar-refractivity contribution in [2.45, 2.75) is 38.9 Å². The Labute approximate surface area is 83.8 Å². The molecule has 0 spiro atoms. The maximum atomic E-state index is 11.9. The van der Waals surface area contributed by atoms with E-state index in [0.29, 0.717) is 0 Å². The zero-order valence-electron chi connectivity index (χ0n) is 8.86. The summed E-state index contributed by atoms with van der Waals surface area (Å²) in [5.74, 6) is 0. The first-order valence-corrected chi connectivity index (χ1v) is 5.87. The highest BCUT2D eigenvalue weighted by atomic mass is 31.2. The van der Waals surface area contributed by atoms with Crippen LogP contribution in [0.1, 0.15) is 27.7 Å². The second-order valence-electron chi connectivity index (χ2n) is 4.24. The molecule has 0 N–H and O–H groups in total. The highest BCUT2D eigenvalue weighted by Gasteiger charge is 2.57. The van der Waals surface area contributed by atoms with Gasteiger partial charge in [-0.2, -0.15) is 0 Å². The van der Waals surface area contributed by atoms with Gasteiger partial charge in [-0.1, -0.05) is 6.58 Å². The van der Waals surface area contributed by atoms with Crippen molar-refractivity contribution in [1.29, 1.82) is 0 Å². The van der Waals surface area contributed by atoms with Crippen LogP contribution in [0.25, 0.3) is 0 Å². The van der Waals surface area contributed by atoms with E-state index >= 15 is 0 Å².